The summed E-state index contributed by atoms with van der Waals surface area (Å²) in [7, 11) is 3.97. The van der Waals surface area contributed by atoms with Crippen LogP contribution >= 0.6 is 11.8 Å². The molecule has 0 fully saturated rings. The zero-order valence-corrected chi connectivity index (χ0v) is 27.2. The van der Waals surface area contributed by atoms with Crippen LogP contribution in [-0.2, 0) is 0 Å². The third kappa shape index (κ3) is 52.2. The van der Waals surface area contributed by atoms with Crippen molar-refractivity contribution < 1.29 is 62.2 Å². The first kappa shape index (κ1) is 42.4. The van der Waals surface area contributed by atoms with E-state index < -0.39 is 0 Å². The third-order valence-electron chi connectivity index (χ3n) is 2.49. The molecule has 1 rings (SSSR count). The van der Waals surface area contributed by atoms with Crippen LogP contribution in [0.3, 0.4) is 0 Å². The van der Waals surface area contributed by atoms with Gasteiger partial charge in [-0.25, -0.2) is 0 Å². The minimum absolute atomic E-state index is 0. The molecule has 152 valence electrons. The summed E-state index contributed by atoms with van der Waals surface area (Å²) in [6.07, 6.45) is 0. The van der Waals surface area contributed by atoms with Crippen LogP contribution in [0.5, 0.6) is 0 Å². The number of hydrogen-bond acceptors (Lipinski definition) is 4. The van der Waals surface area contributed by atoms with E-state index in [2.05, 4.69) is 33.8 Å². The summed E-state index contributed by atoms with van der Waals surface area (Å²) in [5, 5.41) is 7.56. The molecule has 0 unspecified atom stereocenters. The van der Waals surface area contributed by atoms with E-state index in [-0.39, 0.29) is 69.7 Å². The fourth-order valence-electron chi connectivity index (χ4n) is 0.782. The fourth-order valence-corrected chi connectivity index (χ4v) is 1.22. The van der Waals surface area contributed by atoms with Gasteiger partial charge >= 0.3 is 62.2 Å². The molecule has 1 aromatic rings. The standard InChI is InChI=1S/C6H5.2C5H11N.C4H9NS.CH3.2U/c1-2-4-6-5-3-1;2*1-4-6(3)5-2;1-3-6-4(2)5;;;/h1-5H;2*1-2,4-5H2,3H3;5H,3H2,1-2H3;1H3;;/q-1;2*-2;;-1;2*+3. The van der Waals surface area contributed by atoms with Crippen molar-refractivity contribution in [1.82, 2.24) is 9.80 Å². The molecule has 0 saturated carbocycles. The fraction of sp³-hybridized carbons (Fsp3) is 0.429. The van der Waals surface area contributed by atoms with Crippen LogP contribution in [-0.4, -0.2) is 60.9 Å². The first-order valence-corrected chi connectivity index (χ1v) is 9.01. The largest absolute Gasteiger partial charge is 3.00 e. The molecule has 0 amide bonds. The molecule has 0 heterocycles. The van der Waals surface area contributed by atoms with Crippen LogP contribution in [0.25, 0.3) is 0 Å². The first-order valence-electron chi connectivity index (χ1n) is 8.02. The summed E-state index contributed by atoms with van der Waals surface area (Å²) in [6.45, 7) is 21.8. The van der Waals surface area contributed by atoms with Crippen molar-refractivity contribution in [3.05, 3.63) is 71.5 Å². The van der Waals surface area contributed by atoms with Crippen molar-refractivity contribution in [2.45, 2.75) is 13.8 Å². The van der Waals surface area contributed by atoms with Crippen LogP contribution in [0.15, 0.2) is 30.3 Å². The van der Waals surface area contributed by atoms with E-state index in [0.717, 1.165) is 31.9 Å². The van der Waals surface area contributed by atoms with Crippen molar-refractivity contribution in [1.29, 1.82) is 5.41 Å². The van der Waals surface area contributed by atoms with Crippen molar-refractivity contribution in [2.24, 2.45) is 0 Å². The van der Waals surface area contributed by atoms with Gasteiger partial charge in [0.2, 0.25) is 0 Å². The Morgan fingerprint density at radius 3 is 1.26 bits per heavy atom. The second-order valence-electron chi connectivity index (χ2n) is 4.67. The second kappa shape index (κ2) is 37.9. The van der Waals surface area contributed by atoms with Gasteiger partial charge in [0.05, 0.1) is 5.04 Å². The molecule has 0 aliphatic carbocycles. The SMILES string of the molecule is CCSC(C)=N.[CH2-]CN(C)C[CH2-].[CH2-]CN(C)C[CH2-].[CH3-].[U+3].[U+3].[c-]1ccccc1. The van der Waals surface area contributed by atoms with Gasteiger partial charge < -0.3 is 44.9 Å². The second-order valence-corrected chi connectivity index (χ2v) is 6.15. The Kier molecular flexibility index (Phi) is 59.6. The predicted molar refractivity (Wildman–Crippen MR) is 120 cm³/mol. The van der Waals surface area contributed by atoms with E-state index >= 15 is 0 Å². The molecule has 2 radical (unpaired) electrons. The quantitative estimate of drug-likeness (QED) is 0.262. The Labute approximate surface area is 223 Å². The average Bonchev–Trinajstić information content (AvgIpc) is 2.63. The molecule has 27 heavy (non-hydrogen) atoms. The van der Waals surface area contributed by atoms with Gasteiger partial charge in [-0.3, -0.25) is 5.41 Å². The van der Waals surface area contributed by atoms with Crippen LogP contribution in [0, 0.1) is 109 Å². The summed E-state index contributed by atoms with van der Waals surface area (Å²) in [6, 6.07) is 12.5. The molecule has 0 saturated heterocycles. The number of nitrogens with one attached hydrogen (secondary N) is 1. The molecule has 0 bridgehead atoms. The van der Waals surface area contributed by atoms with Gasteiger partial charge in [-0.15, -0.1) is 37.9 Å². The molecule has 0 aliphatic heterocycles. The minimum atomic E-state index is 0. The molecule has 1 N–H and O–H groups in total. The van der Waals surface area contributed by atoms with Gasteiger partial charge in [0.15, 0.2) is 0 Å². The third-order valence-corrected chi connectivity index (χ3v) is 3.22. The molecule has 6 heteroatoms. The predicted octanol–water partition coefficient (Wildman–Crippen LogP) is 4.85. The van der Waals surface area contributed by atoms with Crippen molar-refractivity contribution in [2.75, 3.05) is 46.0 Å². The number of rotatable bonds is 5. The molecule has 0 aliphatic rings. The molecular weight excluding hydrogens is 802 g/mol. The topological polar surface area (TPSA) is 30.3 Å². The number of benzene rings is 1. The summed E-state index contributed by atoms with van der Waals surface area (Å²) in [4.78, 5) is 4.06. The maximum atomic E-state index is 6.86. The molecule has 3 nitrogen and oxygen atoms in total. The van der Waals surface area contributed by atoms with Gasteiger partial charge in [-0.05, 0) is 26.8 Å². The van der Waals surface area contributed by atoms with Crippen molar-refractivity contribution >= 4 is 16.8 Å². The average molecular weight is 842 g/mol. The zero-order valence-electron chi connectivity index (χ0n) is 18.1. The normalized spacial score (nSPS) is 8.07. The Balaban J connectivity index is -0.0000000525. The van der Waals surface area contributed by atoms with Crippen LogP contribution in [0.1, 0.15) is 13.8 Å². The van der Waals surface area contributed by atoms with Gasteiger partial charge in [-0.1, -0.05) is 6.92 Å². The van der Waals surface area contributed by atoms with E-state index in [9.17, 15) is 0 Å². The Bertz CT molecular complexity index is 297. The maximum absolute atomic E-state index is 6.86. The maximum Gasteiger partial charge on any atom is 3.00 e. The zero-order chi connectivity index (χ0) is 19.2. The summed E-state index contributed by atoms with van der Waals surface area (Å²) >= 11 is 1.57. The van der Waals surface area contributed by atoms with Crippen molar-refractivity contribution in [3.63, 3.8) is 0 Å². The van der Waals surface area contributed by atoms with Gasteiger partial charge in [0, 0.05) is 0 Å². The minimum Gasteiger partial charge on any atom is -0.365 e. The van der Waals surface area contributed by atoms with Gasteiger partial charge in [0.1, 0.15) is 0 Å². The number of nitrogens with zero attached hydrogens (tertiary/aromatic N) is 2. The molecule has 1 aromatic carbocycles. The summed E-state index contributed by atoms with van der Waals surface area (Å²) in [5.41, 5.74) is 0. The van der Waals surface area contributed by atoms with E-state index in [4.69, 9.17) is 5.41 Å². The van der Waals surface area contributed by atoms with E-state index in [1.807, 2.05) is 61.2 Å². The smallest absolute Gasteiger partial charge is 0.365 e. The Morgan fingerprint density at radius 2 is 1.22 bits per heavy atom. The summed E-state index contributed by atoms with van der Waals surface area (Å²) < 4.78 is 0. The van der Waals surface area contributed by atoms with E-state index in [0.29, 0.717) is 5.04 Å². The van der Waals surface area contributed by atoms with E-state index in [1.54, 1.807) is 18.7 Å². The van der Waals surface area contributed by atoms with E-state index in [1.165, 1.54) is 0 Å². The van der Waals surface area contributed by atoms with Crippen LogP contribution in [0.4, 0.5) is 0 Å². The molecule has 0 aromatic heterocycles. The molecule has 0 spiro atoms. The van der Waals surface area contributed by atoms with Crippen LogP contribution < -0.4 is 0 Å². The Hall–Kier alpha value is 1.26. The van der Waals surface area contributed by atoms with Crippen LogP contribution in [0.2, 0.25) is 0 Å². The monoisotopic (exact) mass is 841 g/mol. The first-order chi connectivity index (χ1) is 11.4. The van der Waals surface area contributed by atoms with Crippen molar-refractivity contribution in [3.8, 4) is 0 Å². The summed E-state index contributed by atoms with van der Waals surface area (Å²) in [5.74, 6) is 1.02. The van der Waals surface area contributed by atoms with Gasteiger partial charge in [-0.2, -0.15) is 36.4 Å². The molecule has 0 atom stereocenters. The number of thioether (sulfide) groups is 1. The Morgan fingerprint density at radius 1 is 0.889 bits per heavy atom. The number of hydrogen-bond donors (Lipinski definition) is 1. The molecular formula is C21H39N3SU2. The van der Waals surface area contributed by atoms with Gasteiger partial charge in [0.25, 0.3) is 0 Å².